The minimum absolute atomic E-state index is 0.396. The van der Waals surface area contributed by atoms with Gasteiger partial charge in [-0.1, -0.05) is 53.9 Å². The monoisotopic (exact) mass is 384 g/mol. The van der Waals surface area contributed by atoms with Gasteiger partial charge in [0.1, 0.15) is 5.78 Å². The molecule has 0 N–H and O–H groups in total. The van der Waals surface area contributed by atoms with Crippen LogP contribution in [-0.2, 0) is 4.79 Å². The summed E-state index contributed by atoms with van der Waals surface area (Å²) >= 11 is 0. The van der Waals surface area contributed by atoms with Crippen molar-refractivity contribution in [3.05, 3.63) is 0 Å². The summed E-state index contributed by atoms with van der Waals surface area (Å²) < 4.78 is 0. The van der Waals surface area contributed by atoms with Crippen LogP contribution in [0.1, 0.15) is 105 Å². The van der Waals surface area contributed by atoms with Crippen molar-refractivity contribution in [1.82, 2.24) is 0 Å². The Hall–Kier alpha value is -0.330. The third-order valence-electron chi connectivity index (χ3n) is 11.6. The number of ketones is 1. The fourth-order valence-electron chi connectivity index (χ4n) is 10.3. The Bertz CT molecular complexity index is 651. The molecule has 0 unspecified atom stereocenters. The molecule has 0 aromatic heterocycles. The minimum Gasteiger partial charge on any atom is -0.299 e. The van der Waals surface area contributed by atoms with Gasteiger partial charge in [0.15, 0.2) is 0 Å². The highest BCUT2D eigenvalue weighted by Crippen LogP contribution is 2.85. The molecule has 1 nitrogen and oxygen atoms in total. The van der Waals surface area contributed by atoms with Crippen molar-refractivity contribution in [1.29, 1.82) is 0 Å². The first-order valence-electron chi connectivity index (χ1n) is 12.8. The van der Waals surface area contributed by atoms with E-state index in [0.717, 1.165) is 41.9 Å². The largest absolute Gasteiger partial charge is 0.299 e. The number of hydrogen-bond acceptors (Lipinski definition) is 1. The lowest BCUT2D eigenvalue weighted by molar-refractivity contribution is -0.121. The van der Waals surface area contributed by atoms with Gasteiger partial charge in [0, 0.05) is 12.3 Å². The number of fused-ring (bicyclic) bond motifs is 5. The van der Waals surface area contributed by atoms with E-state index in [2.05, 4.69) is 34.6 Å². The van der Waals surface area contributed by atoms with Gasteiger partial charge < -0.3 is 0 Å². The van der Waals surface area contributed by atoms with Crippen LogP contribution in [0.5, 0.6) is 0 Å². The quantitative estimate of drug-likeness (QED) is 0.486. The molecule has 0 radical (unpaired) electrons. The second kappa shape index (κ2) is 6.34. The van der Waals surface area contributed by atoms with Gasteiger partial charge in [-0.25, -0.2) is 0 Å². The topological polar surface area (TPSA) is 17.1 Å². The Kier molecular flexibility index (Phi) is 4.44. The van der Waals surface area contributed by atoms with Crippen molar-refractivity contribution in [2.45, 2.75) is 105 Å². The van der Waals surface area contributed by atoms with Crippen LogP contribution in [0.15, 0.2) is 0 Å². The van der Waals surface area contributed by atoms with Crippen LogP contribution >= 0.6 is 0 Å². The second-order valence-corrected chi connectivity index (χ2v) is 12.8. The van der Waals surface area contributed by atoms with E-state index in [9.17, 15) is 4.79 Å². The van der Waals surface area contributed by atoms with E-state index < -0.39 is 0 Å². The molecule has 0 aromatic carbocycles. The molecule has 0 saturated heterocycles. The van der Waals surface area contributed by atoms with E-state index in [4.69, 9.17) is 0 Å². The van der Waals surface area contributed by atoms with Crippen LogP contribution in [0.2, 0.25) is 0 Å². The van der Waals surface area contributed by atoms with Crippen LogP contribution < -0.4 is 0 Å². The number of hydrogen-bond donors (Lipinski definition) is 0. The van der Waals surface area contributed by atoms with Gasteiger partial charge in [-0.15, -0.1) is 0 Å². The number of carbonyl (C=O) groups excluding carboxylic acids is 1. The zero-order valence-corrected chi connectivity index (χ0v) is 19.2. The van der Waals surface area contributed by atoms with Crippen LogP contribution in [0.4, 0.5) is 0 Å². The first kappa shape index (κ1) is 19.6. The maximum Gasteiger partial charge on any atom is 0.137 e. The molecule has 0 amide bonds. The van der Waals surface area contributed by atoms with Crippen molar-refractivity contribution in [2.24, 2.45) is 57.7 Å². The molecule has 0 aliphatic heterocycles. The SMILES string of the molecule is CC(C)CCC[C@@H](C)[C@H]1CC[C@@H]2[C@@H]3CC[C@]45CCC(=O)[C@H]4[C@@]5(C)[C@@H]3CC[C@@]21C. The zero-order chi connectivity index (χ0) is 19.9. The zero-order valence-electron chi connectivity index (χ0n) is 19.2. The summed E-state index contributed by atoms with van der Waals surface area (Å²) in [5.41, 5.74) is 1.45. The summed E-state index contributed by atoms with van der Waals surface area (Å²) in [6, 6.07) is 0. The highest BCUT2D eigenvalue weighted by atomic mass is 16.1. The van der Waals surface area contributed by atoms with E-state index in [0.29, 0.717) is 27.9 Å². The molecule has 158 valence electrons. The van der Waals surface area contributed by atoms with Crippen molar-refractivity contribution < 1.29 is 4.79 Å². The molecule has 5 aliphatic carbocycles. The number of carbonyl (C=O) groups is 1. The van der Waals surface area contributed by atoms with Crippen LogP contribution in [-0.4, -0.2) is 5.78 Å². The highest BCUT2D eigenvalue weighted by Gasteiger charge is 2.82. The first-order chi connectivity index (χ1) is 13.3. The molecule has 5 saturated carbocycles. The van der Waals surface area contributed by atoms with Crippen molar-refractivity contribution in [2.75, 3.05) is 0 Å². The van der Waals surface area contributed by atoms with Crippen molar-refractivity contribution in [3.63, 3.8) is 0 Å². The fourth-order valence-corrected chi connectivity index (χ4v) is 10.3. The molecule has 28 heavy (non-hydrogen) atoms. The maximum absolute atomic E-state index is 12.6. The molecule has 0 bridgehead atoms. The van der Waals surface area contributed by atoms with Gasteiger partial charge in [0.05, 0.1) is 0 Å². The molecule has 1 heteroatoms. The van der Waals surface area contributed by atoms with Gasteiger partial charge >= 0.3 is 0 Å². The lowest BCUT2D eigenvalue weighted by Crippen LogP contribution is -2.48. The lowest BCUT2D eigenvalue weighted by Gasteiger charge is -2.55. The maximum atomic E-state index is 12.6. The van der Waals surface area contributed by atoms with Gasteiger partial charge in [0.2, 0.25) is 0 Å². The average molecular weight is 385 g/mol. The molecule has 5 aliphatic rings. The number of Topliss-reactive ketones (excluding diaryl/α,β-unsaturated/α-hetero) is 1. The van der Waals surface area contributed by atoms with Gasteiger partial charge in [-0.2, -0.15) is 0 Å². The molecular weight excluding hydrogens is 340 g/mol. The summed E-state index contributed by atoms with van der Waals surface area (Å²) in [4.78, 5) is 12.6. The summed E-state index contributed by atoms with van der Waals surface area (Å²) in [7, 11) is 0. The predicted octanol–water partition coefficient (Wildman–Crippen LogP) is 7.29. The molecule has 0 heterocycles. The van der Waals surface area contributed by atoms with Gasteiger partial charge in [-0.05, 0) is 96.7 Å². The normalized spacial score (nSPS) is 52.8. The molecular formula is C27H44O. The Balaban J connectivity index is 1.32. The fraction of sp³-hybridized carbons (Fsp3) is 0.963. The van der Waals surface area contributed by atoms with Crippen LogP contribution in [0.25, 0.3) is 0 Å². The summed E-state index contributed by atoms with van der Waals surface area (Å²) in [6.45, 7) is 12.6. The summed E-state index contributed by atoms with van der Waals surface area (Å²) in [5.74, 6) is 6.56. The Morgan fingerprint density at radius 2 is 1.71 bits per heavy atom. The third-order valence-corrected chi connectivity index (χ3v) is 11.6. The van der Waals surface area contributed by atoms with Gasteiger partial charge in [0.25, 0.3) is 0 Å². The molecule has 9 atom stereocenters. The van der Waals surface area contributed by atoms with E-state index in [1.165, 1.54) is 64.2 Å². The Morgan fingerprint density at radius 3 is 2.46 bits per heavy atom. The van der Waals surface area contributed by atoms with Crippen LogP contribution in [0.3, 0.4) is 0 Å². The third kappa shape index (κ3) is 2.34. The van der Waals surface area contributed by atoms with E-state index in [-0.39, 0.29) is 0 Å². The molecule has 5 rings (SSSR count). The summed E-state index contributed by atoms with van der Waals surface area (Å²) in [6.07, 6.45) is 15.1. The van der Waals surface area contributed by atoms with Crippen molar-refractivity contribution in [3.8, 4) is 0 Å². The smallest absolute Gasteiger partial charge is 0.137 e. The minimum atomic E-state index is 0.396. The lowest BCUT2D eigenvalue weighted by atomic mass is 9.50. The molecule has 5 fully saturated rings. The van der Waals surface area contributed by atoms with Crippen LogP contribution in [0, 0.1) is 57.7 Å². The Labute approximate surface area is 173 Å². The van der Waals surface area contributed by atoms with E-state index in [1.807, 2.05) is 0 Å². The number of rotatable bonds is 5. The Morgan fingerprint density at radius 1 is 0.929 bits per heavy atom. The second-order valence-electron chi connectivity index (χ2n) is 12.8. The first-order valence-corrected chi connectivity index (χ1v) is 12.8. The summed E-state index contributed by atoms with van der Waals surface area (Å²) in [5, 5.41) is 0. The predicted molar refractivity (Wildman–Crippen MR) is 116 cm³/mol. The average Bonchev–Trinajstić information content (AvgIpc) is 2.87. The van der Waals surface area contributed by atoms with Crippen molar-refractivity contribution >= 4 is 5.78 Å². The van der Waals surface area contributed by atoms with E-state index >= 15 is 0 Å². The molecule has 1 spiro atoms. The highest BCUT2D eigenvalue weighted by molar-refractivity contribution is 5.90. The van der Waals surface area contributed by atoms with E-state index in [1.54, 1.807) is 0 Å². The standard InChI is InChI=1S/C27H44O/c1-17(2)7-6-8-18(3)20-9-10-21-19-11-15-27-16-13-23(28)24(27)26(27,5)22(19)12-14-25(20,21)4/h17-22,24H,6-16H2,1-5H3/t18-,19+,20-,21-,22-,24+,25-,26-,27+/m1/s1. The van der Waals surface area contributed by atoms with Gasteiger partial charge in [-0.3, -0.25) is 4.79 Å². The molecule has 0 aromatic rings.